The third kappa shape index (κ3) is 3.03. The summed E-state index contributed by atoms with van der Waals surface area (Å²) in [6.07, 6.45) is 3.39. The number of rotatable bonds is 3. The fourth-order valence-electron chi connectivity index (χ4n) is 3.92. The summed E-state index contributed by atoms with van der Waals surface area (Å²) in [5, 5.41) is 17.2. The number of phenolic OH excluding ortho intramolecular Hbond substituents is 1. The van der Waals surface area contributed by atoms with Crippen molar-refractivity contribution >= 4 is 22.1 Å². The molecule has 0 fully saturated rings. The Hall–Kier alpha value is -4.60. The van der Waals surface area contributed by atoms with Crippen LogP contribution in [0.4, 0.5) is 4.39 Å². The van der Waals surface area contributed by atoms with E-state index in [9.17, 15) is 9.50 Å². The van der Waals surface area contributed by atoms with Crippen LogP contribution in [-0.2, 0) is 7.05 Å². The monoisotopic (exact) mass is 440 g/mol. The van der Waals surface area contributed by atoms with Crippen molar-refractivity contribution in [3.63, 3.8) is 0 Å². The lowest BCUT2D eigenvalue weighted by molar-refractivity contribution is 0.469. The number of H-pyrrole nitrogens is 2. The number of aromatic amines is 2. The number of aromatic hydroxyl groups is 1. The molecule has 0 radical (unpaired) electrons. The van der Waals surface area contributed by atoms with Crippen LogP contribution in [-0.4, -0.2) is 44.8 Å². The largest absolute Gasteiger partial charge is 0.508 e. The van der Waals surface area contributed by atoms with Crippen LogP contribution < -0.4 is 0 Å². The molecule has 0 bridgehead atoms. The fraction of sp³-hybridized carbons (Fsp3) is 0.0870. The minimum atomic E-state index is -0.556. The maximum absolute atomic E-state index is 13.9. The van der Waals surface area contributed by atoms with Crippen molar-refractivity contribution in [1.82, 2.24) is 39.7 Å². The van der Waals surface area contributed by atoms with Gasteiger partial charge < -0.3 is 14.7 Å². The van der Waals surface area contributed by atoms with Gasteiger partial charge in [0.2, 0.25) is 0 Å². The number of nitrogens with one attached hydrogen (secondary N) is 2. The summed E-state index contributed by atoms with van der Waals surface area (Å²) in [5.74, 6) is 0.650. The average molecular weight is 440 g/mol. The van der Waals surface area contributed by atoms with Crippen LogP contribution in [0.1, 0.15) is 5.82 Å². The third-order valence-corrected chi connectivity index (χ3v) is 5.67. The third-order valence-electron chi connectivity index (χ3n) is 5.67. The van der Waals surface area contributed by atoms with Gasteiger partial charge in [-0.15, -0.1) is 0 Å². The SMILES string of the molecule is Cc1ncc(-c2ccc3[nH]nc(-c4nc5c(-c6cc(O)cc(F)c6)nccc5[nH]4)c3n2)n1C. The summed E-state index contributed by atoms with van der Waals surface area (Å²) in [4.78, 5) is 21.5. The summed E-state index contributed by atoms with van der Waals surface area (Å²) in [7, 11) is 1.94. The number of imidazole rings is 2. The average Bonchev–Trinajstić information content (AvgIpc) is 3.49. The lowest BCUT2D eigenvalue weighted by atomic mass is 10.1. The molecule has 5 heterocycles. The first-order valence-electron chi connectivity index (χ1n) is 10.2. The molecular weight excluding hydrogens is 423 g/mol. The van der Waals surface area contributed by atoms with E-state index < -0.39 is 5.82 Å². The van der Waals surface area contributed by atoms with Crippen LogP contribution in [0.25, 0.3) is 56.2 Å². The van der Waals surface area contributed by atoms with Crippen molar-refractivity contribution in [2.45, 2.75) is 6.92 Å². The highest BCUT2D eigenvalue weighted by Gasteiger charge is 2.18. The molecule has 0 saturated heterocycles. The molecule has 0 unspecified atom stereocenters. The van der Waals surface area contributed by atoms with Crippen molar-refractivity contribution in [1.29, 1.82) is 0 Å². The van der Waals surface area contributed by atoms with Crippen LogP contribution in [0.15, 0.2) is 48.8 Å². The summed E-state index contributed by atoms with van der Waals surface area (Å²) in [6, 6.07) is 9.42. The predicted octanol–water partition coefficient (Wildman–Crippen LogP) is 4.12. The standard InChI is InChI=1S/C23H17FN8O/c1-11-26-10-18(32(11)2)15-3-4-17-21(27-15)22(31-30-17)23-28-16-5-6-25-19(20(16)29-23)12-7-13(24)9-14(33)8-12/h3-10,33H,1-2H3,(H,28,29)(H,30,31). The highest BCUT2D eigenvalue weighted by molar-refractivity contribution is 5.95. The normalized spacial score (nSPS) is 11.6. The first-order valence-corrected chi connectivity index (χ1v) is 10.2. The smallest absolute Gasteiger partial charge is 0.161 e. The Labute approximate surface area is 186 Å². The molecule has 0 aliphatic carbocycles. The van der Waals surface area contributed by atoms with Gasteiger partial charge in [-0.05, 0) is 37.3 Å². The summed E-state index contributed by atoms with van der Waals surface area (Å²) < 4.78 is 15.9. The molecular formula is C23H17FN8O. The molecule has 33 heavy (non-hydrogen) atoms. The first-order chi connectivity index (χ1) is 16.0. The van der Waals surface area contributed by atoms with Crippen LogP contribution in [0, 0.1) is 12.7 Å². The zero-order valence-electron chi connectivity index (χ0n) is 17.6. The first kappa shape index (κ1) is 19.1. The number of pyridine rings is 2. The van der Waals surface area contributed by atoms with Gasteiger partial charge in [0.25, 0.3) is 0 Å². The van der Waals surface area contributed by atoms with Crippen LogP contribution >= 0.6 is 0 Å². The molecule has 0 amide bonds. The van der Waals surface area contributed by atoms with Crippen molar-refractivity contribution in [3.05, 3.63) is 60.4 Å². The number of aryl methyl sites for hydroxylation is 1. The molecule has 3 N–H and O–H groups in total. The quantitative estimate of drug-likeness (QED) is 0.381. The predicted molar refractivity (Wildman–Crippen MR) is 121 cm³/mol. The van der Waals surface area contributed by atoms with Crippen LogP contribution in [0.2, 0.25) is 0 Å². The Balaban J connectivity index is 1.52. The molecule has 5 aromatic heterocycles. The number of fused-ring (bicyclic) bond motifs is 2. The molecule has 0 spiro atoms. The van der Waals surface area contributed by atoms with Crippen molar-refractivity contribution in [3.8, 4) is 39.9 Å². The van der Waals surface area contributed by atoms with E-state index in [1.54, 1.807) is 18.5 Å². The van der Waals surface area contributed by atoms with Crippen molar-refractivity contribution in [2.75, 3.05) is 0 Å². The minimum absolute atomic E-state index is 0.181. The number of aromatic nitrogens is 8. The number of hydrogen-bond acceptors (Lipinski definition) is 6. The van der Waals surface area contributed by atoms with E-state index >= 15 is 0 Å². The number of phenols is 1. The molecule has 1 aromatic carbocycles. The minimum Gasteiger partial charge on any atom is -0.508 e. The van der Waals surface area contributed by atoms with Gasteiger partial charge in [0.1, 0.15) is 28.4 Å². The molecule has 0 saturated carbocycles. The van der Waals surface area contributed by atoms with E-state index in [4.69, 9.17) is 9.97 Å². The molecule has 0 aliphatic rings. The van der Waals surface area contributed by atoms with Gasteiger partial charge in [-0.3, -0.25) is 10.1 Å². The maximum atomic E-state index is 13.9. The maximum Gasteiger partial charge on any atom is 0.161 e. The van der Waals surface area contributed by atoms with Gasteiger partial charge in [-0.25, -0.2) is 19.3 Å². The fourth-order valence-corrected chi connectivity index (χ4v) is 3.92. The Kier molecular flexibility index (Phi) is 4.03. The van der Waals surface area contributed by atoms with Gasteiger partial charge in [-0.1, -0.05) is 0 Å². The summed E-state index contributed by atoms with van der Waals surface area (Å²) >= 11 is 0. The van der Waals surface area contributed by atoms with E-state index in [1.807, 2.05) is 30.7 Å². The van der Waals surface area contributed by atoms with Gasteiger partial charge in [-0.2, -0.15) is 5.10 Å². The van der Waals surface area contributed by atoms with E-state index in [-0.39, 0.29) is 5.75 Å². The lowest BCUT2D eigenvalue weighted by Gasteiger charge is -2.03. The van der Waals surface area contributed by atoms with E-state index in [0.29, 0.717) is 39.3 Å². The zero-order chi connectivity index (χ0) is 22.7. The summed E-state index contributed by atoms with van der Waals surface area (Å²) in [5.41, 5.74) is 5.74. The zero-order valence-corrected chi connectivity index (χ0v) is 17.6. The molecule has 10 heteroatoms. The van der Waals surface area contributed by atoms with Crippen molar-refractivity contribution in [2.24, 2.45) is 7.05 Å². The van der Waals surface area contributed by atoms with Crippen molar-refractivity contribution < 1.29 is 9.50 Å². The van der Waals surface area contributed by atoms with Crippen LogP contribution in [0.3, 0.4) is 0 Å². The molecule has 6 rings (SSSR count). The molecule has 162 valence electrons. The van der Waals surface area contributed by atoms with E-state index in [0.717, 1.165) is 28.8 Å². The Bertz CT molecular complexity index is 1660. The van der Waals surface area contributed by atoms with Crippen LogP contribution in [0.5, 0.6) is 5.75 Å². The lowest BCUT2D eigenvalue weighted by Crippen LogP contribution is -1.96. The number of halogens is 1. The second kappa shape index (κ2) is 6.95. The molecule has 9 nitrogen and oxygen atoms in total. The van der Waals surface area contributed by atoms with E-state index in [2.05, 4.69) is 25.1 Å². The van der Waals surface area contributed by atoms with Gasteiger partial charge in [0.15, 0.2) is 11.5 Å². The highest BCUT2D eigenvalue weighted by atomic mass is 19.1. The molecule has 0 aliphatic heterocycles. The topological polar surface area (TPSA) is 121 Å². The molecule has 6 aromatic rings. The van der Waals surface area contributed by atoms with Gasteiger partial charge >= 0.3 is 0 Å². The Morgan fingerprint density at radius 3 is 2.61 bits per heavy atom. The van der Waals surface area contributed by atoms with E-state index in [1.165, 1.54) is 12.1 Å². The summed E-state index contributed by atoms with van der Waals surface area (Å²) in [6.45, 7) is 1.93. The van der Waals surface area contributed by atoms with Gasteiger partial charge in [0, 0.05) is 24.9 Å². The Morgan fingerprint density at radius 1 is 0.970 bits per heavy atom. The van der Waals surface area contributed by atoms with Gasteiger partial charge in [0.05, 0.1) is 34.3 Å². The second-order valence-corrected chi connectivity index (χ2v) is 7.75. The second-order valence-electron chi connectivity index (χ2n) is 7.75. The Morgan fingerprint density at radius 2 is 1.82 bits per heavy atom. The molecule has 0 atom stereocenters. The number of benzene rings is 1. The number of hydrogen-bond donors (Lipinski definition) is 3. The highest BCUT2D eigenvalue weighted by Crippen LogP contribution is 2.32. The number of nitrogens with zero attached hydrogens (tertiary/aromatic N) is 6.